The van der Waals surface area contributed by atoms with E-state index in [9.17, 15) is 9.59 Å². The average Bonchev–Trinajstić information content (AvgIpc) is 2.87. The second-order valence-corrected chi connectivity index (χ2v) is 3.94. The highest BCUT2D eigenvalue weighted by molar-refractivity contribution is 5.88. The number of hydrogen-bond acceptors (Lipinski definition) is 3. The van der Waals surface area contributed by atoms with E-state index >= 15 is 0 Å². The molecule has 0 radical (unpaired) electrons. The third-order valence-electron chi connectivity index (χ3n) is 2.65. The summed E-state index contributed by atoms with van der Waals surface area (Å²) in [6.45, 7) is 0.543. The van der Waals surface area contributed by atoms with Crippen molar-refractivity contribution < 1.29 is 19.4 Å². The third-order valence-corrected chi connectivity index (χ3v) is 2.65. The van der Waals surface area contributed by atoms with E-state index in [1.54, 1.807) is 0 Å². The maximum atomic E-state index is 11.7. The first kappa shape index (κ1) is 12.2. The number of carboxylic acid groups (broad SMARTS) is 1. The molecule has 0 aliphatic carbocycles. The molecule has 1 aliphatic heterocycles. The van der Waals surface area contributed by atoms with Crippen molar-refractivity contribution >= 4 is 12.1 Å². The lowest BCUT2D eigenvalue weighted by molar-refractivity contribution is -0.132. The molecule has 0 saturated carbocycles. The molecule has 0 unspecified atom stereocenters. The summed E-state index contributed by atoms with van der Waals surface area (Å²) in [5, 5.41) is 8.77. The maximum absolute atomic E-state index is 11.7. The van der Waals surface area contributed by atoms with Gasteiger partial charge in [-0.2, -0.15) is 0 Å². The molecule has 1 heterocycles. The Labute approximate surface area is 104 Å². The van der Waals surface area contributed by atoms with Crippen molar-refractivity contribution in [3.63, 3.8) is 0 Å². The molecule has 5 heteroatoms. The van der Waals surface area contributed by atoms with Gasteiger partial charge in [0.15, 0.2) is 0 Å². The Morgan fingerprint density at radius 2 is 2.00 bits per heavy atom. The van der Waals surface area contributed by atoms with Gasteiger partial charge < -0.3 is 9.84 Å². The van der Waals surface area contributed by atoms with E-state index in [0.29, 0.717) is 13.0 Å². The third kappa shape index (κ3) is 2.88. The van der Waals surface area contributed by atoms with E-state index in [1.807, 2.05) is 30.3 Å². The van der Waals surface area contributed by atoms with Gasteiger partial charge in [-0.25, -0.2) is 9.59 Å². The molecule has 1 amide bonds. The molecule has 0 bridgehead atoms. The number of benzene rings is 1. The van der Waals surface area contributed by atoms with E-state index in [-0.39, 0.29) is 12.2 Å². The normalized spacial score (nSPS) is 14.2. The summed E-state index contributed by atoms with van der Waals surface area (Å²) in [5.41, 5.74) is 1.12. The molecule has 1 aromatic rings. The summed E-state index contributed by atoms with van der Waals surface area (Å²) in [6.07, 6.45) is 1.17. The number of rotatable bonds is 3. The maximum Gasteiger partial charge on any atom is 0.414 e. The molecular formula is C13H13NO4. The van der Waals surface area contributed by atoms with E-state index in [0.717, 1.165) is 5.56 Å². The van der Waals surface area contributed by atoms with Gasteiger partial charge in [0.05, 0.1) is 5.57 Å². The second-order valence-electron chi connectivity index (χ2n) is 3.94. The summed E-state index contributed by atoms with van der Waals surface area (Å²) < 4.78 is 5.09. The van der Waals surface area contributed by atoms with Gasteiger partial charge >= 0.3 is 12.1 Å². The van der Waals surface area contributed by atoms with Crippen LogP contribution in [0.25, 0.3) is 0 Å². The van der Waals surface area contributed by atoms with E-state index in [2.05, 4.69) is 0 Å². The topological polar surface area (TPSA) is 66.8 Å². The Kier molecular flexibility index (Phi) is 3.62. The fourth-order valence-electron chi connectivity index (χ4n) is 1.67. The molecule has 1 N–H and O–H groups in total. The number of ether oxygens (including phenoxy) is 1. The summed E-state index contributed by atoms with van der Waals surface area (Å²) in [5.74, 6) is -0.992. The molecule has 18 heavy (non-hydrogen) atoms. The minimum absolute atomic E-state index is 0.187. The quantitative estimate of drug-likeness (QED) is 0.887. The molecule has 0 atom stereocenters. The van der Waals surface area contributed by atoms with Crippen molar-refractivity contribution in [2.75, 3.05) is 6.54 Å². The van der Waals surface area contributed by atoms with Crippen molar-refractivity contribution in [2.45, 2.75) is 13.0 Å². The molecule has 1 aliphatic rings. The number of hydrogen-bond donors (Lipinski definition) is 1. The largest absolute Gasteiger partial charge is 0.478 e. The Morgan fingerprint density at radius 1 is 1.28 bits per heavy atom. The molecule has 0 spiro atoms. The average molecular weight is 247 g/mol. The Hall–Kier alpha value is -2.30. The van der Waals surface area contributed by atoms with Gasteiger partial charge in [-0.05, 0) is 12.0 Å². The molecule has 94 valence electrons. The van der Waals surface area contributed by atoms with Crippen LogP contribution < -0.4 is 0 Å². The number of amides is 1. The number of nitrogens with zero attached hydrogens (tertiary/aromatic N) is 1. The Morgan fingerprint density at radius 3 is 2.61 bits per heavy atom. The van der Waals surface area contributed by atoms with Gasteiger partial charge in [-0.15, -0.1) is 0 Å². The highest BCUT2D eigenvalue weighted by Gasteiger charge is 2.23. The van der Waals surface area contributed by atoms with Crippen LogP contribution in [-0.2, 0) is 16.1 Å². The SMILES string of the molecule is O=C(O)C1=CN(C(=O)OCc2ccccc2)CC1. The monoisotopic (exact) mass is 247 g/mol. The van der Waals surface area contributed by atoms with Crippen molar-refractivity contribution in [2.24, 2.45) is 0 Å². The summed E-state index contributed by atoms with van der Waals surface area (Å²) in [6, 6.07) is 9.32. The standard InChI is InChI=1S/C13H13NO4/c15-12(16)11-6-7-14(8-11)13(17)18-9-10-4-2-1-3-5-10/h1-5,8H,6-7,9H2,(H,15,16). The van der Waals surface area contributed by atoms with Gasteiger partial charge in [0.25, 0.3) is 0 Å². The Bertz CT molecular complexity index is 481. The summed E-state index contributed by atoms with van der Waals surface area (Å²) in [7, 11) is 0. The highest BCUT2D eigenvalue weighted by atomic mass is 16.6. The van der Waals surface area contributed by atoms with Crippen molar-refractivity contribution in [3.8, 4) is 0 Å². The molecule has 0 fully saturated rings. The molecule has 5 nitrogen and oxygen atoms in total. The van der Waals surface area contributed by atoms with Crippen LogP contribution in [0.4, 0.5) is 4.79 Å². The van der Waals surface area contributed by atoms with Gasteiger partial charge in [0.1, 0.15) is 6.61 Å². The highest BCUT2D eigenvalue weighted by Crippen LogP contribution is 2.15. The molecule has 2 rings (SSSR count). The number of carbonyl (C=O) groups is 2. The molecule has 0 aromatic heterocycles. The van der Waals surface area contributed by atoms with E-state index < -0.39 is 12.1 Å². The van der Waals surface area contributed by atoms with Crippen LogP contribution in [0.5, 0.6) is 0 Å². The minimum Gasteiger partial charge on any atom is -0.478 e. The van der Waals surface area contributed by atoms with Crippen LogP contribution >= 0.6 is 0 Å². The summed E-state index contributed by atoms with van der Waals surface area (Å²) in [4.78, 5) is 23.6. The van der Waals surface area contributed by atoms with Gasteiger partial charge in [-0.3, -0.25) is 4.90 Å². The van der Waals surface area contributed by atoms with Crippen LogP contribution in [0, 0.1) is 0 Å². The number of aliphatic carboxylic acids is 1. The van der Waals surface area contributed by atoms with Gasteiger partial charge in [-0.1, -0.05) is 30.3 Å². The zero-order valence-corrected chi connectivity index (χ0v) is 9.70. The lowest BCUT2D eigenvalue weighted by atomic mass is 10.2. The first-order valence-corrected chi connectivity index (χ1v) is 5.58. The predicted octanol–water partition coefficient (Wildman–Crippen LogP) is 2.00. The van der Waals surface area contributed by atoms with Crippen LogP contribution in [0.1, 0.15) is 12.0 Å². The Balaban J connectivity index is 1.88. The van der Waals surface area contributed by atoms with Crippen LogP contribution in [-0.4, -0.2) is 28.6 Å². The zero-order chi connectivity index (χ0) is 13.0. The van der Waals surface area contributed by atoms with Crippen LogP contribution in [0.2, 0.25) is 0 Å². The zero-order valence-electron chi connectivity index (χ0n) is 9.70. The minimum atomic E-state index is -0.992. The lowest BCUT2D eigenvalue weighted by Gasteiger charge is -2.13. The smallest absolute Gasteiger partial charge is 0.414 e. The van der Waals surface area contributed by atoms with Gasteiger partial charge in [0, 0.05) is 12.7 Å². The van der Waals surface area contributed by atoms with Gasteiger partial charge in [0.2, 0.25) is 0 Å². The fraction of sp³-hybridized carbons (Fsp3) is 0.231. The second kappa shape index (κ2) is 5.35. The van der Waals surface area contributed by atoms with Crippen molar-refractivity contribution in [1.29, 1.82) is 0 Å². The van der Waals surface area contributed by atoms with Crippen LogP contribution in [0.15, 0.2) is 42.1 Å². The lowest BCUT2D eigenvalue weighted by Crippen LogP contribution is -2.24. The van der Waals surface area contributed by atoms with E-state index in [1.165, 1.54) is 11.1 Å². The predicted molar refractivity (Wildman–Crippen MR) is 63.7 cm³/mol. The molecular weight excluding hydrogens is 234 g/mol. The van der Waals surface area contributed by atoms with Crippen molar-refractivity contribution in [1.82, 2.24) is 4.90 Å². The fourth-order valence-corrected chi connectivity index (χ4v) is 1.67. The molecule has 1 aromatic carbocycles. The van der Waals surface area contributed by atoms with Crippen molar-refractivity contribution in [3.05, 3.63) is 47.7 Å². The van der Waals surface area contributed by atoms with E-state index in [4.69, 9.17) is 9.84 Å². The first-order chi connectivity index (χ1) is 8.66. The number of carbonyl (C=O) groups excluding carboxylic acids is 1. The number of carboxylic acids is 1. The summed E-state index contributed by atoms with van der Waals surface area (Å²) >= 11 is 0. The van der Waals surface area contributed by atoms with Crippen LogP contribution in [0.3, 0.4) is 0 Å². The first-order valence-electron chi connectivity index (χ1n) is 5.58. The molecule has 0 saturated heterocycles.